The summed E-state index contributed by atoms with van der Waals surface area (Å²) in [6.07, 6.45) is 3.31. The van der Waals surface area contributed by atoms with Gasteiger partial charge in [-0.15, -0.1) is 11.6 Å². The second-order valence-electron chi connectivity index (χ2n) is 3.67. The number of rotatable bonds is 0. The number of nitrogens with one attached hydrogen (secondary N) is 1. The molecule has 1 N–H and O–H groups in total. The monoisotopic (exact) mass is 229 g/mol. The summed E-state index contributed by atoms with van der Waals surface area (Å²) in [7, 11) is 0. The zero-order valence-corrected chi connectivity index (χ0v) is 8.96. The van der Waals surface area contributed by atoms with Gasteiger partial charge in [0, 0.05) is 13.1 Å². The minimum absolute atomic E-state index is 0.363. The molecule has 1 saturated heterocycles. The van der Waals surface area contributed by atoms with Crippen molar-refractivity contribution in [3.8, 4) is 0 Å². The van der Waals surface area contributed by atoms with Crippen LogP contribution in [0.1, 0.15) is 19.3 Å². The number of piperidine rings is 1. The van der Waals surface area contributed by atoms with Gasteiger partial charge in [-0.3, -0.25) is 14.9 Å². The molecule has 0 spiro atoms. The summed E-state index contributed by atoms with van der Waals surface area (Å²) in [6, 6.07) is 0. The van der Waals surface area contributed by atoms with Crippen molar-refractivity contribution in [1.29, 1.82) is 0 Å². The van der Waals surface area contributed by atoms with Crippen LogP contribution in [-0.2, 0) is 9.59 Å². The summed E-state index contributed by atoms with van der Waals surface area (Å²) < 4.78 is 0. The van der Waals surface area contributed by atoms with E-state index in [4.69, 9.17) is 11.6 Å². The van der Waals surface area contributed by atoms with Gasteiger partial charge < -0.3 is 4.90 Å². The van der Waals surface area contributed by atoms with E-state index in [-0.39, 0.29) is 0 Å². The maximum absolute atomic E-state index is 11.3. The van der Waals surface area contributed by atoms with Crippen LogP contribution in [0.2, 0.25) is 0 Å². The maximum Gasteiger partial charge on any atom is 0.276 e. The van der Waals surface area contributed by atoms with E-state index < -0.39 is 17.2 Å². The first-order chi connectivity index (χ1) is 7.18. The van der Waals surface area contributed by atoms with Gasteiger partial charge in [0.05, 0.1) is 0 Å². The molecule has 2 rings (SSSR count). The number of alkyl halides is 1. The van der Waals surface area contributed by atoms with Gasteiger partial charge in [0.25, 0.3) is 11.8 Å². The van der Waals surface area contributed by atoms with Crippen molar-refractivity contribution in [1.82, 2.24) is 10.2 Å². The first-order valence-electron chi connectivity index (χ1n) is 5.01. The fourth-order valence-electron chi connectivity index (χ4n) is 1.73. The highest BCUT2D eigenvalue weighted by atomic mass is 35.5. The number of amides is 2. The van der Waals surface area contributed by atoms with Gasteiger partial charge in [-0.25, -0.2) is 0 Å². The Labute approximate surface area is 92.5 Å². The number of hydrogen-bond donors (Lipinski definition) is 1. The van der Waals surface area contributed by atoms with Crippen molar-refractivity contribution in [3.63, 3.8) is 0 Å². The summed E-state index contributed by atoms with van der Waals surface area (Å²) in [5, 5.41) is 1.38. The minimum atomic E-state index is -1.17. The molecule has 0 aromatic carbocycles. The van der Waals surface area contributed by atoms with Crippen LogP contribution in [-0.4, -0.2) is 41.1 Å². The van der Waals surface area contributed by atoms with Crippen molar-refractivity contribution < 1.29 is 9.59 Å². The maximum atomic E-state index is 11.3. The van der Waals surface area contributed by atoms with Crippen LogP contribution >= 0.6 is 11.6 Å². The van der Waals surface area contributed by atoms with E-state index in [0.717, 1.165) is 25.9 Å². The van der Waals surface area contributed by atoms with Gasteiger partial charge in [-0.1, -0.05) is 0 Å². The molecule has 82 valence electrons. The van der Waals surface area contributed by atoms with E-state index in [1.54, 1.807) is 0 Å². The molecule has 2 aliphatic rings. The number of likely N-dealkylation sites (tertiary alicyclic amines) is 1. The van der Waals surface area contributed by atoms with E-state index in [1.807, 2.05) is 4.90 Å². The number of aliphatic imine (C=N–C) groups is 1. The lowest BCUT2D eigenvalue weighted by Gasteiger charge is -2.31. The Kier molecular flexibility index (Phi) is 2.90. The van der Waals surface area contributed by atoms with E-state index >= 15 is 0 Å². The number of carbonyl (C=O) groups excluding carboxylic acids is 2. The molecule has 1 atom stereocenters. The van der Waals surface area contributed by atoms with Gasteiger partial charge in [-0.2, -0.15) is 4.99 Å². The van der Waals surface area contributed by atoms with Gasteiger partial charge in [0.2, 0.25) is 5.96 Å². The second kappa shape index (κ2) is 4.18. The summed E-state index contributed by atoms with van der Waals surface area (Å²) in [4.78, 5) is 28.2. The van der Waals surface area contributed by atoms with Crippen LogP contribution in [0.15, 0.2) is 4.99 Å². The third-order valence-corrected chi connectivity index (χ3v) is 2.94. The lowest BCUT2D eigenvalue weighted by molar-refractivity contribution is -0.127. The van der Waals surface area contributed by atoms with Crippen LogP contribution in [0, 0.1) is 0 Å². The molecule has 0 bridgehead atoms. The lowest BCUT2D eigenvalue weighted by Crippen LogP contribution is -2.53. The van der Waals surface area contributed by atoms with Crippen LogP contribution in [0.4, 0.5) is 0 Å². The summed E-state index contributed by atoms with van der Waals surface area (Å²) in [5.41, 5.74) is 0. The zero-order valence-electron chi connectivity index (χ0n) is 8.20. The second-order valence-corrected chi connectivity index (χ2v) is 4.11. The zero-order chi connectivity index (χ0) is 10.8. The summed E-state index contributed by atoms with van der Waals surface area (Å²) in [6.45, 7) is 1.67. The molecular weight excluding hydrogens is 218 g/mol. The summed E-state index contributed by atoms with van der Waals surface area (Å²) >= 11 is 5.53. The van der Waals surface area contributed by atoms with Crippen molar-refractivity contribution in [2.24, 2.45) is 4.99 Å². The van der Waals surface area contributed by atoms with Gasteiger partial charge >= 0.3 is 0 Å². The first kappa shape index (κ1) is 10.4. The molecule has 1 unspecified atom stereocenters. The quantitative estimate of drug-likeness (QED) is 0.473. The fourth-order valence-corrected chi connectivity index (χ4v) is 1.83. The largest absolute Gasteiger partial charge is 0.342 e. The highest BCUT2D eigenvalue weighted by Gasteiger charge is 2.32. The van der Waals surface area contributed by atoms with E-state index in [1.165, 1.54) is 6.42 Å². The predicted octanol–water partition coefficient (Wildman–Crippen LogP) is 0.0921. The Balaban J connectivity index is 2.12. The van der Waals surface area contributed by atoms with Gasteiger partial charge in [-0.05, 0) is 19.3 Å². The Morgan fingerprint density at radius 2 is 1.93 bits per heavy atom. The van der Waals surface area contributed by atoms with Crippen LogP contribution in [0.5, 0.6) is 0 Å². The molecule has 0 aromatic rings. The molecule has 2 aliphatic heterocycles. The fraction of sp³-hybridized carbons (Fsp3) is 0.667. The van der Waals surface area contributed by atoms with Gasteiger partial charge in [0.1, 0.15) is 0 Å². The van der Waals surface area contributed by atoms with E-state index in [2.05, 4.69) is 10.3 Å². The molecule has 0 aromatic heterocycles. The molecule has 2 heterocycles. The molecule has 0 aliphatic carbocycles. The Hall–Kier alpha value is -1.10. The molecule has 0 saturated carbocycles. The molecule has 0 radical (unpaired) electrons. The van der Waals surface area contributed by atoms with Crippen molar-refractivity contribution >= 4 is 29.4 Å². The van der Waals surface area contributed by atoms with Crippen molar-refractivity contribution in [2.45, 2.75) is 24.6 Å². The Bertz CT molecular complexity index is 323. The van der Waals surface area contributed by atoms with Crippen molar-refractivity contribution in [3.05, 3.63) is 0 Å². The Morgan fingerprint density at radius 3 is 2.53 bits per heavy atom. The molecule has 2 amide bonds. The molecule has 6 heteroatoms. The average Bonchev–Trinajstić information content (AvgIpc) is 2.26. The number of carbonyl (C=O) groups is 2. The molecule has 1 fully saturated rings. The first-order valence-corrected chi connectivity index (χ1v) is 5.44. The number of hydrogen-bond acceptors (Lipinski definition) is 3. The topological polar surface area (TPSA) is 61.8 Å². The number of halogens is 1. The SMILES string of the molecule is O=C1N=C(N2CCCCC2)NC(=O)C1Cl. The predicted molar refractivity (Wildman–Crippen MR) is 55.6 cm³/mol. The molecular formula is C9H12ClN3O2. The van der Waals surface area contributed by atoms with E-state index in [9.17, 15) is 9.59 Å². The third kappa shape index (κ3) is 2.12. The van der Waals surface area contributed by atoms with Crippen LogP contribution < -0.4 is 5.32 Å². The van der Waals surface area contributed by atoms with E-state index in [0.29, 0.717) is 5.96 Å². The third-order valence-electron chi connectivity index (χ3n) is 2.55. The van der Waals surface area contributed by atoms with Crippen LogP contribution in [0.3, 0.4) is 0 Å². The minimum Gasteiger partial charge on any atom is -0.342 e. The smallest absolute Gasteiger partial charge is 0.276 e. The lowest BCUT2D eigenvalue weighted by atomic mass is 10.1. The number of nitrogens with zero attached hydrogens (tertiary/aromatic N) is 2. The standard InChI is InChI=1S/C9H12ClN3O2/c10-6-7(14)11-9(12-8(6)15)13-4-2-1-3-5-13/h6H,1-5H2,(H,11,12,14,15). The molecule has 5 nitrogen and oxygen atoms in total. The van der Waals surface area contributed by atoms with Crippen molar-refractivity contribution in [2.75, 3.05) is 13.1 Å². The Morgan fingerprint density at radius 1 is 1.27 bits per heavy atom. The van der Waals surface area contributed by atoms with Gasteiger partial charge in [0.15, 0.2) is 5.38 Å². The highest BCUT2D eigenvalue weighted by Crippen LogP contribution is 2.12. The van der Waals surface area contributed by atoms with Crippen LogP contribution in [0.25, 0.3) is 0 Å². The molecule has 15 heavy (non-hydrogen) atoms. The summed E-state index contributed by atoms with van der Waals surface area (Å²) in [5.74, 6) is -0.681. The normalized spacial score (nSPS) is 27.4. The highest BCUT2D eigenvalue weighted by molar-refractivity contribution is 6.44. The average molecular weight is 230 g/mol. The number of guanidine groups is 1.